The SMILES string of the molecule is CC(N)(C(=O)O)c1cc(=O)c1=O. The van der Waals surface area contributed by atoms with Crippen LogP contribution in [-0.4, -0.2) is 11.1 Å². The van der Waals surface area contributed by atoms with Crippen LogP contribution in [-0.2, 0) is 10.3 Å². The Kier molecular flexibility index (Phi) is 1.61. The van der Waals surface area contributed by atoms with E-state index in [1.54, 1.807) is 0 Å². The quantitative estimate of drug-likeness (QED) is 0.527. The highest BCUT2D eigenvalue weighted by Crippen LogP contribution is 2.12. The van der Waals surface area contributed by atoms with E-state index >= 15 is 0 Å². The van der Waals surface area contributed by atoms with Gasteiger partial charge in [0, 0.05) is 5.56 Å². The summed E-state index contributed by atoms with van der Waals surface area (Å²) in [6.07, 6.45) is 0. The Balaban J connectivity index is 3.19. The van der Waals surface area contributed by atoms with Crippen LogP contribution in [0.25, 0.3) is 0 Å². The van der Waals surface area contributed by atoms with Crippen LogP contribution in [0.3, 0.4) is 0 Å². The molecule has 0 aromatic heterocycles. The van der Waals surface area contributed by atoms with Crippen LogP contribution < -0.4 is 16.6 Å². The largest absolute Gasteiger partial charge is 0.480 e. The molecule has 0 heterocycles. The summed E-state index contributed by atoms with van der Waals surface area (Å²) in [5.41, 5.74) is 1.90. The molecule has 0 fully saturated rings. The van der Waals surface area contributed by atoms with Gasteiger partial charge in [0.1, 0.15) is 5.54 Å². The molecule has 0 saturated carbocycles. The van der Waals surface area contributed by atoms with Gasteiger partial charge in [-0.2, -0.15) is 0 Å². The molecule has 12 heavy (non-hydrogen) atoms. The zero-order valence-corrected chi connectivity index (χ0v) is 6.33. The molecular formula is C7H7NO4. The molecule has 1 rings (SSSR count). The molecule has 0 bridgehead atoms. The van der Waals surface area contributed by atoms with Gasteiger partial charge < -0.3 is 10.8 Å². The number of hydrogen-bond acceptors (Lipinski definition) is 4. The van der Waals surface area contributed by atoms with E-state index in [-0.39, 0.29) is 5.56 Å². The Morgan fingerprint density at radius 3 is 2.33 bits per heavy atom. The molecule has 0 aliphatic heterocycles. The molecule has 0 amide bonds. The van der Waals surface area contributed by atoms with E-state index in [1.165, 1.54) is 6.92 Å². The van der Waals surface area contributed by atoms with Crippen molar-refractivity contribution in [3.8, 4) is 0 Å². The topological polar surface area (TPSA) is 97.5 Å². The standard InChI is InChI=1S/C7H7NO4/c1-7(8,6(11)12)3-2-4(9)5(3)10/h2H,8H2,1H3,(H,11,12). The second-order valence-electron chi connectivity index (χ2n) is 2.76. The summed E-state index contributed by atoms with van der Waals surface area (Å²) in [6.45, 7) is 1.17. The predicted octanol–water partition coefficient (Wildman–Crippen LogP) is -1.46. The monoisotopic (exact) mass is 169 g/mol. The van der Waals surface area contributed by atoms with Gasteiger partial charge in [0.15, 0.2) is 0 Å². The Morgan fingerprint density at radius 1 is 1.58 bits per heavy atom. The van der Waals surface area contributed by atoms with Gasteiger partial charge in [0.25, 0.3) is 0 Å². The normalized spacial score (nSPS) is 15.8. The Bertz CT molecular complexity index is 397. The summed E-state index contributed by atoms with van der Waals surface area (Å²) in [4.78, 5) is 31.7. The van der Waals surface area contributed by atoms with Crippen LogP contribution >= 0.6 is 0 Å². The lowest BCUT2D eigenvalue weighted by Gasteiger charge is -2.19. The molecule has 0 aliphatic rings. The van der Waals surface area contributed by atoms with Crippen molar-refractivity contribution >= 4 is 5.97 Å². The van der Waals surface area contributed by atoms with E-state index in [9.17, 15) is 14.4 Å². The summed E-state index contributed by atoms with van der Waals surface area (Å²) in [5, 5.41) is 8.55. The van der Waals surface area contributed by atoms with E-state index in [4.69, 9.17) is 10.8 Å². The van der Waals surface area contributed by atoms with Crippen LogP contribution in [0.1, 0.15) is 12.5 Å². The van der Waals surface area contributed by atoms with Crippen molar-refractivity contribution in [1.29, 1.82) is 0 Å². The number of aliphatic carboxylic acids is 1. The molecule has 5 nitrogen and oxygen atoms in total. The third kappa shape index (κ3) is 0.947. The fourth-order valence-electron chi connectivity index (χ4n) is 0.818. The van der Waals surface area contributed by atoms with Gasteiger partial charge in [0.05, 0.1) is 0 Å². The number of carboxylic acid groups (broad SMARTS) is 1. The Hall–Kier alpha value is -1.49. The highest BCUT2D eigenvalue weighted by atomic mass is 16.4. The maximum Gasteiger partial charge on any atom is 0.328 e. The zero-order chi connectivity index (χ0) is 9.52. The molecule has 0 radical (unpaired) electrons. The average molecular weight is 169 g/mol. The number of rotatable bonds is 2. The lowest BCUT2D eigenvalue weighted by atomic mass is 9.90. The van der Waals surface area contributed by atoms with Crippen LogP contribution in [0.15, 0.2) is 15.7 Å². The molecule has 1 unspecified atom stereocenters. The van der Waals surface area contributed by atoms with Gasteiger partial charge in [-0.25, -0.2) is 4.79 Å². The molecule has 1 aromatic rings. The van der Waals surface area contributed by atoms with Gasteiger partial charge in [0.2, 0.25) is 10.9 Å². The summed E-state index contributed by atoms with van der Waals surface area (Å²) >= 11 is 0. The van der Waals surface area contributed by atoms with Crippen molar-refractivity contribution in [2.75, 3.05) is 0 Å². The number of nitrogens with two attached hydrogens (primary N) is 1. The molecule has 0 spiro atoms. The number of hydrogen-bond donors (Lipinski definition) is 2. The van der Waals surface area contributed by atoms with Crippen molar-refractivity contribution in [2.24, 2.45) is 5.73 Å². The zero-order valence-electron chi connectivity index (χ0n) is 6.33. The summed E-state index contributed by atoms with van der Waals surface area (Å²) < 4.78 is 0. The van der Waals surface area contributed by atoms with Crippen molar-refractivity contribution in [2.45, 2.75) is 12.5 Å². The highest BCUT2D eigenvalue weighted by molar-refractivity contribution is 5.80. The minimum atomic E-state index is -1.75. The van der Waals surface area contributed by atoms with Crippen LogP contribution in [0.5, 0.6) is 0 Å². The summed E-state index contributed by atoms with van der Waals surface area (Å²) in [6, 6.07) is 0.955. The van der Waals surface area contributed by atoms with Crippen molar-refractivity contribution in [3.63, 3.8) is 0 Å². The van der Waals surface area contributed by atoms with Gasteiger partial charge in [-0.15, -0.1) is 0 Å². The minimum absolute atomic E-state index is 0.139. The molecule has 5 heteroatoms. The van der Waals surface area contributed by atoms with E-state index in [2.05, 4.69) is 0 Å². The maximum absolute atomic E-state index is 10.8. The lowest BCUT2D eigenvalue weighted by molar-refractivity contribution is -0.143. The Morgan fingerprint density at radius 2 is 2.08 bits per heavy atom. The first-order valence-electron chi connectivity index (χ1n) is 3.20. The van der Waals surface area contributed by atoms with E-state index in [1.807, 2.05) is 0 Å². The first kappa shape index (κ1) is 8.61. The van der Waals surface area contributed by atoms with Crippen LogP contribution in [0.4, 0.5) is 0 Å². The molecule has 64 valence electrons. The molecule has 1 aromatic carbocycles. The van der Waals surface area contributed by atoms with E-state index < -0.39 is 22.4 Å². The van der Waals surface area contributed by atoms with Gasteiger partial charge in [-0.05, 0) is 13.0 Å². The Labute approximate surface area is 67.1 Å². The summed E-state index contributed by atoms with van der Waals surface area (Å²) in [5.74, 6) is -1.32. The highest BCUT2D eigenvalue weighted by Gasteiger charge is 2.35. The van der Waals surface area contributed by atoms with E-state index in [0.29, 0.717) is 0 Å². The second kappa shape index (κ2) is 2.25. The maximum atomic E-state index is 10.8. The molecular weight excluding hydrogens is 162 g/mol. The van der Waals surface area contributed by atoms with Crippen molar-refractivity contribution in [1.82, 2.24) is 0 Å². The number of carboxylic acids is 1. The first-order chi connectivity index (χ1) is 5.37. The third-order valence-corrected chi connectivity index (χ3v) is 1.75. The average Bonchev–Trinajstić information content (AvgIpc) is 1.98. The predicted molar refractivity (Wildman–Crippen MR) is 40.5 cm³/mol. The van der Waals surface area contributed by atoms with Gasteiger partial charge >= 0.3 is 5.97 Å². The fraction of sp³-hybridized carbons (Fsp3) is 0.286. The van der Waals surface area contributed by atoms with Crippen molar-refractivity contribution < 1.29 is 9.90 Å². The first-order valence-corrected chi connectivity index (χ1v) is 3.20. The van der Waals surface area contributed by atoms with E-state index in [0.717, 1.165) is 6.07 Å². The molecule has 1 atom stereocenters. The second-order valence-corrected chi connectivity index (χ2v) is 2.76. The minimum Gasteiger partial charge on any atom is -0.480 e. The van der Waals surface area contributed by atoms with Gasteiger partial charge in [-0.3, -0.25) is 9.59 Å². The van der Waals surface area contributed by atoms with Crippen LogP contribution in [0, 0.1) is 0 Å². The third-order valence-electron chi connectivity index (χ3n) is 1.75. The van der Waals surface area contributed by atoms with Crippen LogP contribution in [0.2, 0.25) is 0 Å². The molecule has 0 saturated heterocycles. The van der Waals surface area contributed by atoms with Gasteiger partial charge in [-0.1, -0.05) is 0 Å². The number of carbonyl (C=O) groups is 1. The van der Waals surface area contributed by atoms with Crippen molar-refractivity contribution in [3.05, 3.63) is 32.1 Å². The lowest BCUT2D eigenvalue weighted by Crippen LogP contribution is -2.51. The molecule has 0 aliphatic carbocycles. The molecule has 3 N–H and O–H groups in total. The fourth-order valence-corrected chi connectivity index (χ4v) is 0.818. The smallest absolute Gasteiger partial charge is 0.328 e. The summed E-state index contributed by atoms with van der Waals surface area (Å²) in [7, 11) is 0.